The van der Waals surface area contributed by atoms with Gasteiger partial charge in [-0.15, -0.1) is 11.3 Å². The summed E-state index contributed by atoms with van der Waals surface area (Å²) in [6.07, 6.45) is 4.53. The zero-order valence-electron chi connectivity index (χ0n) is 16.9. The first-order chi connectivity index (χ1) is 14.2. The number of hydrogen-bond donors (Lipinski definition) is 1. The number of thiophene rings is 1. The smallest absolute Gasteiger partial charge is 0.225 e. The van der Waals surface area contributed by atoms with Crippen molar-refractivity contribution in [3.8, 4) is 5.75 Å². The van der Waals surface area contributed by atoms with Gasteiger partial charge in [0.1, 0.15) is 22.7 Å². The average molecular weight is 411 g/mol. The van der Waals surface area contributed by atoms with E-state index >= 15 is 0 Å². The minimum atomic E-state index is -0.0312. The number of anilines is 1. The van der Waals surface area contributed by atoms with Crippen LogP contribution in [0.4, 0.5) is 5.82 Å². The summed E-state index contributed by atoms with van der Waals surface area (Å²) in [5.41, 5.74) is 1.06. The van der Waals surface area contributed by atoms with E-state index in [2.05, 4.69) is 33.2 Å². The molecule has 1 saturated heterocycles. The Balaban J connectivity index is 1.42. The molecule has 1 atom stereocenters. The van der Waals surface area contributed by atoms with Gasteiger partial charge in [-0.2, -0.15) is 0 Å². The fourth-order valence-corrected chi connectivity index (χ4v) is 4.71. The fourth-order valence-electron chi connectivity index (χ4n) is 3.78. The molecule has 3 aromatic rings. The monoisotopic (exact) mass is 410 g/mol. The molecule has 3 heterocycles. The standard InChI is InChI=1S/C22H26N4O2S/c1-3-18-11-19-20(24-14-25-22(19)29-18)26-10-4-5-16(13-26)21(27)23-12-15-6-8-17(28-2)9-7-15/h6-9,11,14,16H,3-5,10,12-13H2,1-2H3,(H,23,27)/t16-/m0/s1. The second-order valence-electron chi connectivity index (χ2n) is 7.33. The highest BCUT2D eigenvalue weighted by Gasteiger charge is 2.27. The summed E-state index contributed by atoms with van der Waals surface area (Å²) >= 11 is 1.72. The summed E-state index contributed by atoms with van der Waals surface area (Å²) in [5.74, 6) is 1.85. The molecule has 0 unspecified atom stereocenters. The Labute approximate surface area is 174 Å². The predicted molar refractivity (Wildman–Crippen MR) is 117 cm³/mol. The summed E-state index contributed by atoms with van der Waals surface area (Å²) in [6.45, 7) is 4.30. The Kier molecular flexibility index (Phi) is 5.94. The molecule has 1 fully saturated rings. The molecule has 0 spiro atoms. The predicted octanol–water partition coefficient (Wildman–Crippen LogP) is 3.80. The summed E-state index contributed by atoms with van der Waals surface area (Å²) in [4.78, 5) is 26.4. The van der Waals surface area contributed by atoms with Crippen LogP contribution in [0.15, 0.2) is 36.7 Å². The first-order valence-electron chi connectivity index (χ1n) is 10.1. The quantitative estimate of drug-likeness (QED) is 0.670. The number of ether oxygens (including phenoxy) is 1. The summed E-state index contributed by atoms with van der Waals surface area (Å²) < 4.78 is 5.18. The lowest BCUT2D eigenvalue weighted by Gasteiger charge is -2.33. The van der Waals surface area contributed by atoms with Crippen LogP contribution < -0.4 is 15.0 Å². The molecule has 1 aliphatic rings. The first kappa shape index (κ1) is 19.6. The third kappa shape index (κ3) is 4.34. The molecule has 1 aromatic carbocycles. The van der Waals surface area contributed by atoms with Crippen molar-refractivity contribution < 1.29 is 9.53 Å². The summed E-state index contributed by atoms with van der Waals surface area (Å²) in [6, 6.07) is 9.98. The zero-order valence-corrected chi connectivity index (χ0v) is 17.7. The molecular weight excluding hydrogens is 384 g/mol. The van der Waals surface area contributed by atoms with Crippen LogP contribution in [0.1, 0.15) is 30.2 Å². The van der Waals surface area contributed by atoms with Crippen LogP contribution in [0, 0.1) is 5.92 Å². The number of benzene rings is 1. The Morgan fingerprint density at radius 1 is 1.31 bits per heavy atom. The Morgan fingerprint density at radius 2 is 2.14 bits per heavy atom. The first-order valence-corrected chi connectivity index (χ1v) is 10.9. The summed E-state index contributed by atoms with van der Waals surface area (Å²) in [7, 11) is 1.65. The van der Waals surface area contributed by atoms with Crippen LogP contribution in [0.5, 0.6) is 5.75 Å². The molecule has 1 amide bonds. The fraction of sp³-hybridized carbons (Fsp3) is 0.409. The van der Waals surface area contributed by atoms with Crippen LogP contribution in [0.25, 0.3) is 10.2 Å². The number of aromatic nitrogens is 2. The van der Waals surface area contributed by atoms with Gasteiger partial charge in [-0.1, -0.05) is 19.1 Å². The number of methoxy groups -OCH3 is 1. The van der Waals surface area contributed by atoms with Gasteiger partial charge in [0.05, 0.1) is 18.4 Å². The van der Waals surface area contributed by atoms with Crippen LogP contribution >= 0.6 is 11.3 Å². The molecule has 2 aromatic heterocycles. The molecule has 0 aliphatic carbocycles. The van der Waals surface area contributed by atoms with E-state index in [0.717, 1.165) is 53.2 Å². The normalized spacial score (nSPS) is 16.8. The van der Waals surface area contributed by atoms with Gasteiger partial charge < -0.3 is 15.0 Å². The van der Waals surface area contributed by atoms with E-state index in [1.54, 1.807) is 24.8 Å². The second kappa shape index (κ2) is 8.78. The highest BCUT2D eigenvalue weighted by molar-refractivity contribution is 7.18. The number of fused-ring (bicyclic) bond motifs is 1. The number of aryl methyl sites for hydroxylation is 1. The van der Waals surface area contributed by atoms with Crippen molar-refractivity contribution >= 4 is 33.3 Å². The van der Waals surface area contributed by atoms with Gasteiger partial charge in [-0.3, -0.25) is 4.79 Å². The lowest BCUT2D eigenvalue weighted by Crippen LogP contribution is -2.43. The number of amides is 1. The van der Waals surface area contributed by atoms with E-state index in [1.165, 1.54) is 4.88 Å². The molecule has 1 aliphatic heterocycles. The molecule has 6 nitrogen and oxygen atoms in total. The number of rotatable bonds is 6. The Morgan fingerprint density at radius 3 is 2.90 bits per heavy atom. The topological polar surface area (TPSA) is 67.4 Å². The van der Waals surface area contributed by atoms with Crippen LogP contribution in [0.2, 0.25) is 0 Å². The third-order valence-corrected chi connectivity index (χ3v) is 6.61. The number of nitrogens with zero attached hydrogens (tertiary/aromatic N) is 3. The van der Waals surface area contributed by atoms with Crippen molar-refractivity contribution in [3.63, 3.8) is 0 Å². The van der Waals surface area contributed by atoms with Gasteiger partial charge in [0.25, 0.3) is 0 Å². The van der Waals surface area contributed by atoms with Gasteiger partial charge in [0, 0.05) is 24.5 Å². The van der Waals surface area contributed by atoms with Gasteiger partial charge >= 0.3 is 0 Å². The maximum Gasteiger partial charge on any atom is 0.225 e. The molecule has 7 heteroatoms. The van der Waals surface area contributed by atoms with Crippen LogP contribution in [-0.4, -0.2) is 36.1 Å². The third-order valence-electron chi connectivity index (χ3n) is 5.43. The number of carbonyl (C=O) groups excluding carboxylic acids is 1. The van der Waals surface area contributed by atoms with Crippen molar-refractivity contribution in [2.75, 3.05) is 25.1 Å². The van der Waals surface area contributed by atoms with Crippen molar-refractivity contribution in [1.29, 1.82) is 0 Å². The lowest BCUT2D eigenvalue weighted by atomic mass is 9.97. The van der Waals surface area contributed by atoms with E-state index in [9.17, 15) is 4.79 Å². The number of hydrogen-bond acceptors (Lipinski definition) is 6. The molecule has 4 rings (SSSR count). The molecule has 152 valence electrons. The minimum Gasteiger partial charge on any atom is -0.497 e. The van der Waals surface area contributed by atoms with Gasteiger partial charge in [-0.25, -0.2) is 9.97 Å². The van der Waals surface area contributed by atoms with E-state index in [-0.39, 0.29) is 11.8 Å². The molecule has 0 bridgehead atoms. The van der Waals surface area contributed by atoms with Crippen molar-refractivity contribution in [2.24, 2.45) is 5.92 Å². The number of carbonyl (C=O) groups is 1. The van der Waals surface area contributed by atoms with Crippen LogP contribution in [0.3, 0.4) is 0 Å². The zero-order chi connectivity index (χ0) is 20.2. The molecular formula is C22H26N4O2S. The molecule has 1 N–H and O–H groups in total. The lowest BCUT2D eigenvalue weighted by molar-refractivity contribution is -0.125. The van der Waals surface area contributed by atoms with Crippen LogP contribution in [-0.2, 0) is 17.8 Å². The minimum absolute atomic E-state index is 0.0312. The SMILES string of the molecule is CCc1cc2c(N3CCC[C@H](C(=O)NCc4ccc(OC)cc4)C3)ncnc2s1. The van der Waals surface area contributed by atoms with Gasteiger partial charge in [-0.05, 0) is 43.0 Å². The maximum absolute atomic E-state index is 12.8. The van der Waals surface area contributed by atoms with E-state index in [4.69, 9.17) is 4.74 Å². The highest BCUT2D eigenvalue weighted by atomic mass is 32.1. The second-order valence-corrected chi connectivity index (χ2v) is 8.45. The average Bonchev–Trinajstić information content (AvgIpc) is 3.21. The van der Waals surface area contributed by atoms with E-state index < -0.39 is 0 Å². The Hall–Kier alpha value is -2.67. The van der Waals surface area contributed by atoms with Crippen molar-refractivity contribution in [2.45, 2.75) is 32.7 Å². The molecule has 29 heavy (non-hydrogen) atoms. The van der Waals surface area contributed by atoms with Crippen molar-refractivity contribution in [1.82, 2.24) is 15.3 Å². The van der Waals surface area contributed by atoms with Crippen molar-refractivity contribution in [3.05, 3.63) is 47.1 Å². The Bertz CT molecular complexity index is 986. The maximum atomic E-state index is 12.8. The van der Waals surface area contributed by atoms with Gasteiger partial charge in [0.15, 0.2) is 0 Å². The van der Waals surface area contributed by atoms with E-state index in [1.807, 2.05) is 24.3 Å². The number of piperidine rings is 1. The highest BCUT2D eigenvalue weighted by Crippen LogP contribution is 2.32. The van der Waals surface area contributed by atoms with E-state index in [0.29, 0.717) is 13.1 Å². The van der Waals surface area contributed by atoms with Gasteiger partial charge in [0.2, 0.25) is 5.91 Å². The summed E-state index contributed by atoms with van der Waals surface area (Å²) in [5, 5.41) is 4.20. The largest absolute Gasteiger partial charge is 0.497 e. The molecule has 0 saturated carbocycles. The molecule has 0 radical (unpaired) electrons. The number of nitrogens with one attached hydrogen (secondary N) is 1.